The minimum Gasteiger partial charge on any atom is -0.481 e. The predicted octanol–water partition coefficient (Wildman–Crippen LogP) is 0.453. The average Bonchev–Trinajstić information content (AvgIpc) is 2.53. The van der Waals surface area contributed by atoms with Crippen molar-refractivity contribution in [1.82, 2.24) is 15.1 Å². The zero-order valence-corrected chi connectivity index (χ0v) is 10.1. The maximum absolute atomic E-state index is 12.1. The molecule has 0 saturated heterocycles. The fourth-order valence-corrected chi connectivity index (χ4v) is 1.57. The monoisotopic (exact) mass is 249 g/mol. The summed E-state index contributed by atoms with van der Waals surface area (Å²) in [6.45, 7) is 1.96. The van der Waals surface area contributed by atoms with Crippen molar-refractivity contribution in [2.45, 2.75) is 26.0 Å². The number of hydrogen-bond acceptors (Lipinski definition) is 4. The summed E-state index contributed by atoms with van der Waals surface area (Å²) in [5.74, 6) is 0.585. The summed E-state index contributed by atoms with van der Waals surface area (Å²) >= 11 is 0. The highest BCUT2D eigenvalue weighted by molar-refractivity contribution is 5.30. The number of aromatic nitrogens is 2. The van der Waals surface area contributed by atoms with E-state index in [-0.39, 0.29) is 6.54 Å². The van der Waals surface area contributed by atoms with Crippen LogP contribution in [0.2, 0.25) is 0 Å². The molecule has 7 heteroatoms. The minimum absolute atomic E-state index is 0.171. The first-order valence-electron chi connectivity index (χ1n) is 5.20. The number of rotatable bonds is 6. The normalized spacial score (nSPS) is 13.1. The first-order valence-corrected chi connectivity index (χ1v) is 5.20. The van der Waals surface area contributed by atoms with E-state index in [1.807, 2.05) is 6.92 Å². The van der Waals surface area contributed by atoms with E-state index in [0.717, 1.165) is 11.3 Å². The van der Waals surface area contributed by atoms with Gasteiger partial charge in [-0.25, -0.2) is 13.5 Å². The molecule has 1 atom stereocenters. The molecule has 1 aromatic heterocycles. The van der Waals surface area contributed by atoms with Crippen LogP contribution in [0.4, 0.5) is 8.78 Å². The van der Waals surface area contributed by atoms with E-state index in [9.17, 15) is 8.78 Å². The van der Waals surface area contributed by atoms with Crippen LogP contribution in [0.15, 0.2) is 0 Å². The van der Waals surface area contributed by atoms with Crippen LogP contribution in [-0.2, 0) is 13.6 Å². The van der Waals surface area contributed by atoms with Crippen LogP contribution in [0.25, 0.3) is 0 Å². The fraction of sp³-hybridized carbons (Fsp3) is 0.700. The number of aliphatic hydroxyl groups is 1. The molecule has 1 unspecified atom stereocenters. The number of aliphatic hydroxyl groups excluding tert-OH is 1. The number of hydrogen-bond donors (Lipinski definition) is 2. The number of methoxy groups -OCH3 is 1. The van der Waals surface area contributed by atoms with Crippen molar-refractivity contribution in [2.75, 3.05) is 13.7 Å². The Balaban J connectivity index is 2.57. The number of aryl methyl sites for hydroxylation is 2. The standard InChI is InChI=1S/C10H17F2N3O2/c1-6-7(10(17-3)15(2)14-6)4-13-5-8(16)9(11)12/h8-9,13,16H,4-5H2,1-3H3. The summed E-state index contributed by atoms with van der Waals surface area (Å²) < 4.78 is 30.8. The molecule has 0 bridgehead atoms. The predicted molar refractivity (Wildman–Crippen MR) is 58.2 cm³/mol. The Morgan fingerprint density at radius 2 is 2.18 bits per heavy atom. The molecule has 0 aliphatic rings. The molecule has 1 aromatic rings. The van der Waals surface area contributed by atoms with Crippen molar-refractivity contribution >= 4 is 0 Å². The minimum atomic E-state index is -2.74. The molecular formula is C10H17F2N3O2. The van der Waals surface area contributed by atoms with Gasteiger partial charge >= 0.3 is 0 Å². The van der Waals surface area contributed by atoms with Crippen molar-refractivity contribution in [3.8, 4) is 5.88 Å². The van der Waals surface area contributed by atoms with Gasteiger partial charge in [0.1, 0.15) is 6.10 Å². The van der Waals surface area contributed by atoms with Crippen LogP contribution in [0.1, 0.15) is 11.3 Å². The van der Waals surface area contributed by atoms with Crippen molar-refractivity contribution < 1.29 is 18.6 Å². The molecule has 0 aliphatic heterocycles. The van der Waals surface area contributed by atoms with Crippen LogP contribution in [0.3, 0.4) is 0 Å². The van der Waals surface area contributed by atoms with Crippen LogP contribution < -0.4 is 10.1 Å². The van der Waals surface area contributed by atoms with Gasteiger partial charge in [-0.3, -0.25) is 0 Å². The molecule has 1 rings (SSSR count). The first-order chi connectivity index (χ1) is 7.97. The lowest BCUT2D eigenvalue weighted by molar-refractivity contribution is -0.00343. The Bertz CT molecular complexity index is 369. The lowest BCUT2D eigenvalue weighted by Gasteiger charge is -2.11. The summed E-state index contributed by atoms with van der Waals surface area (Å²) in [5, 5.41) is 15.8. The van der Waals surface area contributed by atoms with Gasteiger partial charge in [0.25, 0.3) is 6.43 Å². The van der Waals surface area contributed by atoms with Gasteiger partial charge in [-0.05, 0) is 6.92 Å². The second kappa shape index (κ2) is 5.92. The Hall–Kier alpha value is -1.21. The Morgan fingerprint density at radius 1 is 1.53 bits per heavy atom. The van der Waals surface area contributed by atoms with E-state index in [1.165, 1.54) is 7.11 Å². The molecule has 5 nitrogen and oxygen atoms in total. The van der Waals surface area contributed by atoms with Gasteiger partial charge in [-0.15, -0.1) is 0 Å². The third-order valence-electron chi connectivity index (χ3n) is 2.43. The Morgan fingerprint density at radius 3 is 2.71 bits per heavy atom. The summed E-state index contributed by atoms with van der Waals surface area (Å²) in [5.41, 5.74) is 1.57. The average molecular weight is 249 g/mol. The highest BCUT2D eigenvalue weighted by atomic mass is 19.3. The van der Waals surface area contributed by atoms with Crippen LogP contribution >= 0.6 is 0 Å². The molecule has 0 saturated carbocycles. The molecule has 1 heterocycles. The Labute approximate surface area is 98.4 Å². The van der Waals surface area contributed by atoms with Gasteiger partial charge < -0.3 is 15.2 Å². The van der Waals surface area contributed by atoms with Crippen LogP contribution in [-0.4, -0.2) is 41.1 Å². The number of nitrogens with one attached hydrogen (secondary N) is 1. The van der Waals surface area contributed by atoms with Gasteiger partial charge in [0.15, 0.2) is 0 Å². The maximum atomic E-state index is 12.1. The number of alkyl halides is 2. The van der Waals surface area contributed by atoms with Gasteiger partial charge in [-0.1, -0.05) is 0 Å². The first kappa shape index (κ1) is 13.9. The number of halogens is 2. The maximum Gasteiger partial charge on any atom is 0.265 e. The van der Waals surface area contributed by atoms with Gasteiger partial charge in [0.05, 0.1) is 18.4 Å². The zero-order valence-electron chi connectivity index (χ0n) is 10.1. The fourth-order valence-electron chi connectivity index (χ4n) is 1.57. The van der Waals surface area contributed by atoms with Crippen molar-refractivity contribution in [3.63, 3.8) is 0 Å². The third kappa shape index (κ3) is 3.37. The summed E-state index contributed by atoms with van der Waals surface area (Å²) in [4.78, 5) is 0. The van der Waals surface area contributed by atoms with Crippen molar-refractivity contribution in [1.29, 1.82) is 0 Å². The zero-order chi connectivity index (χ0) is 13.0. The quantitative estimate of drug-likeness (QED) is 0.768. The largest absolute Gasteiger partial charge is 0.481 e. The highest BCUT2D eigenvalue weighted by Gasteiger charge is 2.18. The smallest absolute Gasteiger partial charge is 0.265 e. The number of ether oxygens (including phenoxy) is 1. The molecule has 0 spiro atoms. The molecule has 0 amide bonds. The number of nitrogens with zero attached hydrogens (tertiary/aromatic N) is 2. The third-order valence-corrected chi connectivity index (χ3v) is 2.43. The summed E-state index contributed by atoms with van der Waals surface area (Å²) in [6, 6.07) is 0. The van der Waals surface area contributed by atoms with E-state index in [2.05, 4.69) is 10.4 Å². The van der Waals surface area contributed by atoms with Crippen molar-refractivity contribution in [2.24, 2.45) is 7.05 Å². The second-order valence-corrected chi connectivity index (χ2v) is 3.73. The lowest BCUT2D eigenvalue weighted by Crippen LogP contribution is -2.31. The highest BCUT2D eigenvalue weighted by Crippen LogP contribution is 2.20. The van der Waals surface area contributed by atoms with Gasteiger partial charge in [0.2, 0.25) is 5.88 Å². The molecule has 0 fully saturated rings. The second-order valence-electron chi connectivity index (χ2n) is 3.73. The van der Waals surface area contributed by atoms with E-state index in [4.69, 9.17) is 9.84 Å². The summed E-state index contributed by atoms with van der Waals surface area (Å²) in [7, 11) is 3.26. The van der Waals surface area contributed by atoms with Crippen molar-refractivity contribution in [3.05, 3.63) is 11.3 Å². The molecule has 0 aromatic carbocycles. The SMILES string of the molecule is COc1c(CNCC(O)C(F)F)c(C)nn1C. The molecule has 0 aliphatic carbocycles. The lowest BCUT2D eigenvalue weighted by atomic mass is 10.2. The van der Waals surface area contributed by atoms with Crippen LogP contribution in [0.5, 0.6) is 5.88 Å². The Kier molecular flexibility index (Phi) is 4.83. The van der Waals surface area contributed by atoms with Crippen LogP contribution in [0, 0.1) is 6.92 Å². The molecule has 98 valence electrons. The van der Waals surface area contributed by atoms with E-state index >= 15 is 0 Å². The van der Waals surface area contributed by atoms with E-state index in [1.54, 1.807) is 11.7 Å². The topological polar surface area (TPSA) is 59.3 Å². The molecule has 17 heavy (non-hydrogen) atoms. The van der Waals surface area contributed by atoms with Gasteiger partial charge in [-0.2, -0.15) is 5.10 Å². The van der Waals surface area contributed by atoms with Gasteiger partial charge in [0, 0.05) is 20.1 Å². The van der Waals surface area contributed by atoms with E-state index in [0.29, 0.717) is 12.4 Å². The van der Waals surface area contributed by atoms with E-state index < -0.39 is 12.5 Å². The molecule has 2 N–H and O–H groups in total. The molecular weight excluding hydrogens is 232 g/mol. The summed E-state index contributed by atoms with van der Waals surface area (Å²) in [6.07, 6.45) is -4.39. The molecule has 0 radical (unpaired) electrons.